The molecule has 0 aromatic heterocycles. The Morgan fingerprint density at radius 2 is 1.41 bits per heavy atom. The van der Waals surface area contributed by atoms with Gasteiger partial charge < -0.3 is 10.2 Å². The van der Waals surface area contributed by atoms with E-state index in [0.29, 0.717) is 24.1 Å². The Kier molecular flexibility index (Phi) is 8.65. The molecule has 0 bridgehead atoms. The molecule has 32 heavy (non-hydrogen) atoms. The number of hydrogen-bond donors (Lipinski definition) is 1. The van der Waals surface area contributed by atoms with Crippen molar-refractivity contribution in [3.8, 4) is 0 Å². The third-order valence-corrected chi connectivity index (χ3v) is 5.40. The zero-order valence-corrected chi connectivity index (χ0v) is 19.0. The lowest BCUT2D eigenvalue weighted by molar-refractivity contribution is -0.131. The number of piperidine rings is 1. The number of carbonyl (C=O) groups excluding carboxylic acids is 3. The number of nitrogens with one attached hydrogen (secondary N) is 1. The first kappa shape index (κ1) is 23.8. The summed E-state index contributed by atoms with van der Waals surface area (Å²) in [5, 5.41) is 2.58. The molecule has 2 aromatic rings. The second-order valence-corrected chi connectivity index (χ2v) is 8.53. The number of benzene rings is 2. The molecule has 2 aromatic carbocycles. The minimum Gasteiger partial charge on any atom is -0.354 e. The lowest BCUT2D eigenvalue weighted by Crippen LogP contribution is -2.41. The molecule has 2 amide bonds. The highest BCUT2D eigenvalue weighted by Gasteiger charge is 2.28. The zero-order chi connectivity index (χ0) is 22.9. The molecular weight excluding hydrogens is 447 g/mol. The summed E-state index contributed by atoms with van der Waals surface area (Å²) in [4.78, 5) is 38.0. The van der Waals surface area contributed by atoms with E-state index >= 15 is 0 Å². The summed E-state index contributed by atoms with van der Waals surface area (Å²) in [5.74, 6) is -0.618. The summed E-state index contributed by atoms with van der Waals surface area (Å²) in [6.45, 7) is 0.791. The summed E-state index contributed by atoms with van der Waals surface area (Å²) < 4.78 is 0. The molecule has 1 heterocycles. The second-order valence-electron chi connectivity index (χ2n) is 7.43. The number of alkyl halides is 2. The third kappa shape index (κ3) is 6.81. The van der Waals surface area contributed by atoms with Crippen LogP contribution in [0.5, 0.6) is 0 Å². The maximum Gasteiger partial charge on any atom is 0.253 e. The SMILES string of the molecule is O=C1/C(=C/c2ccccc2)CN(C(=O)CCCNC(=O)C(Cl)Cl)C/C1=C\c1ccccc1. The second kappa shape index (κ2) is 11.7. The summed E-state index contributed by atoms with van der Waals surface area (Å²) in [6, 6.07) is 19.1. The van der Waals surface area contributed by atoms with E-state index < -0.39 is 10.7 Å². The number of nitrogens with zero attached hydrogens (tertiary/aromatic N) is 1. The summed E-state index contributed by atoms with van der Waals surface area (Å²) >= 11 is 11.0. The largest absolute Gasteiger partial charge is 0.354 e. The Morgan fingerprint density at radius 3 is 1.88 bits per heavy atom. The molecule has 1 fully saturated rings. The van der Waals surface area contributed by atoms with Crippen LogP contribution in [-0.4, -0.2) is 47.0 Å². The number of halogens is 2. The quantitative estimate of drug-likeness (QED) is 0.373. The van der Waals surface area contributed by atoms with Crippen molar-refractivity contribution in [2.45, 2.75) is 17.7 Å². The molecule has 1 aliphatic rings. The first-order valence-corrected chi connectivity index (χ1v) is 11.2. The number of likely N-dealkylation sites (tertiary alicyclic amines) is 1. The van der Waals surface area contributed by atoms with Gasteiger partial charge in [0.05, 0.1) is 0 Å². The maximum absolute atomic E-state index is 13.2. The minimum atomic E-state index is -1.13. The van der Waals surface area contributed by atoms with Crippen molar-refractivity contribution in [1.29, 1.82) is 0 Å². The van der Waals surface area contributed by atoms with Gasteiger partial charge in [0.1, 0.15) is 0 Å². The van der Waals surface area contributed by atoms with E-state index in [2.05, 4.69) is 5.32 Å². The molecule has 1 saturated heterocycles. The van der Waals surface area contributed by atoms with E-state index in [1.165, 1.54) is 0 Å². The molecule has 1 N–H and O–H groups in total. The molecule has 0 atom stereocenters. The molecule has 0 aliphatic carbocycles. The first-order valence-electron chi connectivity index (χ1n) is 10.3. The monoisotopic (exact) mass is 470 g/mol. The van der Waals surface area contributed by atoms with E-state index in [4.69, 9.17) is 23.2 Å². The van der Waals surface area contributed by atoms with Gasteiger partial charge in [0.2, 0.25) is 5.91 Å². The van der Waals surface area contributed by atoms with Gasteiger partial charge in [-0.1, -0.05) is 83.9 Å². The Bertz CT molecular complexity index is 956. The predicted octanol–water partition coefficient (Wildman–Crippen LogP) is 4.27. The van der Waals surface area contributed by atoms with Crippen LogP contribution in [0.25, 0.3) is 12.2 Å². The highest BCUT2D eigenvalue weighted by Crippen LogP contribution is 2.23. The average molecular weight is 471 g/mol. The first-order chi connectivity index (χ1) is 15.4. The Labute approximate surface area is 197 Å². The van der Waals surface area contributed by atoms with Crippen LogP contribution in [0.15, 0.2) is 71.8 Å². The van der Waals surface area contributed by atoms with E-state index in [1.54, 1.807) is 4.90 Å². The summed E-state index contributed by atoms with van der Waals surface area (Å²) in [5.41, 5.74) is 2.95. The van der Waals surface area contributed by atoms with Crippen molar-refractivity contribution in [3.05, 3.63) is 82.9 Å². The van der Waals surface area contributed by atoms with Crippen molar-refractivity contribution in [1.82, 2.24) is 10.2 Å². The fraction of sp³-hybridized carbons (Fsp3) is 0.240. The molecule has 0 radical (unpaired) electrons. The predicted molar refractivity (Wildman–Crippen MR) is 128 cm³/mol. The normalized spacial score (nSPS) is 16.6. The van der Waals surface area contributed by atoms with Crippen molar-refractivity contribution in [2.24, 2.45) is 0 Å². The van der Waals surface area contributed by atoms with Gasteiger partial charge in [-0.05, 0) is 29.7 Å². The Balaban J connectivity index is 1.76. The van der Waals surface area contributed by atoms with Crippen molar-refractivity contribution < 1.29 is 14.4 Å². The standard InChI is InChI=1S/C25H24Cl2N2O3/c26-24(27)25(32)28-13-7-12-22(30)29-16-20(14-18-8-3-1-4-9-18)23(31)21(17-29)15-19-10-5-2-6-11-19/h1-6,8-11,14-15,24H,7,12-13,16-17H2,(H,28,32)/b20-14+,21-15+. The van der Waals surface area contributed by atoms with Gasteiger partial charge in [-0.25, -0.2) is 0 Å². The molecule has 3 rings (SSSR count). The fourth-order valence-electron chi connectivity index (χ4n) is 3.40. The van der Waals surface area contributed by atoms with Gasteiger partial charge in [0.25, 0.3) is 5.91 Å². The van der Waals surface area contributed by atoms with Gasteiger partial charge in [0, 0.05) is 37.2 Å². The molecular formula is C25H24Cl2N2O3. The lowest BCUT2D eigenvalue weighted by atomic mass is 9.94. The van der Waals surface area contributed by atoms with Gasteiger partial charge in [0.15, 0.2) is 10.6 Å². The Morgan fingerprint density at radius 1 is 0.906 bits per heavy atom. The molecule has 1 aliphatic heterocycles. The number of ketones is 1. The van der Waals surface area contributed by atoms with E-state index in [0.717, 1.165) is 11.1 Å². The van der Waals surface area contributed by atoms with E-state index in [1.807, 2.05) is 72.8 Å². The van der Waals surface area contributed by atoms with Crippen molar-refractivity contribution in [3.63, 3.8) is 0 Å². The van der Waals surface area contributed by atoms with Gasteiger partial charge in [-0.2, -0.15) is 0 Å². The van der Waals surface area contributed by atoms with Crippen LogP contribution in [0, 0.1) is 0 Å². The fourth-order valence-corrected chi connectivity index (χ4v) is 3.56. The summed E-state index contributed by atoms with van der Waals surface area (Å²) in [6.07, 6.45) is 4.36. The van der Waals surface area contributed by atoms with Crippen LogP contribution in [0.3, 0.4) is 0 Å². The van der Waals surface area contributed by atoms with Gasteiger partial charge in [-0.3, -0.25) is 14.4 Å². The average Bonchev–Trinajstić information content (AvgIpc) is 2.80. The number of Topliss-reactive ketones (excluding diaryl/α,β-unsaturated/α-hetero) is 1. The Hall–Kier alpha value is -2.89. The van der Waals surface area contributed by atoms with Crippen molar-refractivity contribution in [2.75, 3.05) is 19.6 Å². The molecule has 0 saturated carbocycles. The molecule has 166 valence electrons. The highest BCUT2D eigenvalue weighted by molar-refractivity contribution is 6.53. The van der Waals surface area contributed by atoms with Crippen LogP contribution in [-0.2, 0) is 14.4 Å². The topological polar surface area (TPSA) is 66.5 Å². The lowest BCUT2D eigenvalue weighted by Gasteiger charge is -2.30. The molecule has 5 nitrogen and oxygen atoms in total. The van der Waals surface area contributed by atoms with E-state index in [9.17, 15) is 14.4 Å². The molecule has 0 unspecified atom stereocenters. The van der Waals surface area contributed by atoms with Crippen LogP contribution < -0.4 is 5.32 Å². The maximum atomic E-state index is 13.2. The summed E-state index contributed by atoms with van der Waals surface area (Å²) in [7, 11) is 0. The number of amides is 2. The van der Waals surface area contributed by atoms with Crippen molar-refractivity contribution >= 4 is 53.0 Å². The molecule has 7 heteroatoms. The van der Waals surface area contributed by atoms with Crippen LogP contribution in [0.1, 0.15) is 24.0 Å². The van der Waals surface area contributed by atoms with Crippen LogP contribution >= 0.6 is 23.2 Å². The number of hydrogen-bond acceptors (Lipinski definition) is 3. The highest BCUT2D eigenvalue weighted by atomic mass is 35.5. The van der Waals surface area contributed by atoms with Gasteiger partial charge >= 0.3 is 0 Å². The molecule has 0 spiro atoms. The number of carbonyl (C=O) groups is 3. The van der Waals surface area contributed by atoms with Gasteiger partial charge in [-0.15, -0.1) is 0 Å². The smallest absolute Gasteiger partial charge is 0.253 e. The third-order valence-electron chi connectivity index (χ3n) is 5.00. The zero-order valence-electron chi connectivity index (χ0n) is 17.5. The van der Waals surface area contributed by atoms with E-state index in [-0.39, 0.29) is 31.2 Å². The van der Waals surface area contributed by atoms with Crippen LogP contribution in [0.4, 0.5) is 0 Å². The minimum absolute atomic E-state index is 0.0516. The number of rotatable bonds is 7. The van der Waals surface area contributed by atoms with Crippen LogP contribution in [0.2, 0.25) is 0 Å².